The summed E-state index contributed by atoms with van der Waals surface area (Å²) in [6, 6.07) is 1.51. The molecule has 1 atom stereocenters. The van der Waals surface area contributed by atoms with Gasteiger partial charge in [-0.05, 0) is 6.07 Å². The molecule has 0 amide bonds. The Labute approximate surface area is 143 Å². The summed E-state index contributed by atoms with van der Waals surface area (Å²) >= 11 is 12.1. The van der Waals surface area contributed by atoms with Crippen molar-refractivity contribution in [1.82, 2.24) is 0 Å². The van der Waals surface area contributed by atoms with E-state index in [1.165, 1.54) is 20.3 Å². The average Bonchev–Trinajstić information content (AvgIpc) is 2.37. The van der Waals surface area contributed by atoms with Crippen molar-refractivity contribution >= 4 is 37.3 Å². The molecule has 1 unspecified atom stereocenters. The smallest absolute Gasteiger partial charge is 0.494 e. The average molecular weight is 329 g/mol. The number of carbonyl (C=O) groups excluding carboxylic acids is 1. The fourth-order valence-electron chi connectivity index (χ4n) is 1.53. The summed E-state index contributed by atoms with van der Waals surface area (Å²) in [4.78, 5) is 12.4. The van der Waals surface area contributed by atoms with Gasteiger partial charge in [0.15, 0.2) is 0 Å². The molecule has 0 N–H and O–H groups in total. The zero-order chi connectivity index (χ0) is 14.6. The molecule has 20 heavy (non-hydrogen) atoms. The Morgan fingerprint density at radius 3 is 2.05 bits per heavy atom. The van der Waals surface area contributed by atoms with Crippen LogP contribution in [-0.4, -0.2) is 25.4 Å². The monoisotopic (exact) mass is 328 g/mol. The standard InChI is InChI=1S/C13H16Cl2O3P.Li/c1-5-7(2)19-13(16)10-11(17-3)8(14)6-9(15)12(10)18-4;/h6-7H,5H2,1-4H3;/q-1;+1. The molecule has 0 aliphatic carbocycles. The maximum Gasteiger partial charge on any atom is 1.00 e. The van der Waals surface area contributed by atoms with Gasteiger partial charge in [-0.3, -0.25) is 0 Å². The van der Waals surface area contributed by atoms with E-state index in [1.807, 2.05) is 13.8 Å². The summed E-state index contributed by atoms with van der Waals surface area (Å²) < 4.78 is 10.4. The molecular weight excluding hydrogens is 313 g/mol. The predicted molar refractivity (Wildman–Crippen MR) is 80.6 cm³/mol. The Bertz CT molecular complexity index is 455. The van der Waals surface area contributed by atoms with Crippen LogP contribution >= 0.6 is 31.8 Å². The van der Waals surface area contributed by atoms with E-state index in [2.05, 4.69) is 0 Å². The van der Waals surface area contributed by atoms with Gasteiger partial charge in [-0.1, -0.05) is 43.5 Å². The van der Waals surface area contributed by atoms with Crippen LogP contribution in [0.2, 0.25) is 10.0 Å². The number of carbonyl (C=O) groups is 1. The minimum absolute atomic E-state index is 0. The van der Waals surface area contributed by atoms with Crippen LogP contribution in [0.25, 0.3) is 0 Å². The number of rotatable bonds is 6. The van der Waals surface area contributed by atoms with Gasteiger partial charge < -0.3 is 22.8 Å². The van der Waals surface area contributed by atoms with Crippen molar-refractivity contribution in [1.29, 1.82) is 0 Å². The molecule has 106 valence electrons. The summed E-state index contributed by atoms with van der Waals surface area (Å²) in [5, 5.41) is 0.604. The van der Waals surface area contributed by atoms with Crippen LogP contribution in [0.3, 0.4) is 0 Å². The molecule has 0 saturated heterocycles. The minimum atomic E-state index is -0.104. The van der Waals surface area contributed by atoms with E-state index in [0.29, 0.717) is 35.7 Å². The zero-order valence-electron chi connectivity index (χ0n) is 12.3. The van der Waals surface area contributed by atoms with Crippen molar-refractivity contribution in [2.75, 3.05) is 14.2 Å². The second kappa shape index (κ2) is 9.18. The third-order valence-corrected chi connectivity index (χ3v) is 4.52. The minimum Gasteiger partial charge on any atom is -0.494 e. The largest absolute Gasteiger partial charge is 1.00 e. The van der Waals surface area contributed by atoms with Crippen LogP contribution in [0, 0.1) is 0 Å². The first kappa shape index (κ1) is 20.1. The molecule has 0 aliphatic heterocycles. The van der Waals surface area contributed by atoms with Crippen LogP contribution in [0.4, 0.5) is 0 Å². The number of benzene rings is 1. The number of hydrogen-bond acceptors (Lipinski definition) is 3. The molecule has 0 fully saturated rings. The third kappa shape index (κ3) is 4.55. The molecule has 0 heterocycles. The Balaban J connectivity index is 0.00000361. The maximum atomic E-state index is 12.4. The summed E-state index contributed by atoms with van der Waals surface area (Å²) in [5.74, 6) is 0.618. The van der Waals surface area contributed by atoms with E-state index in [9.17, 15) is 4.79 Å². The quantitative estimate of drug-likeness (QED) is 0.591. The molecule has 0 aliphatic rings. The van der Waals surface area contributed by atoms with E-state index in [4.69, 9.17) is 32.7 Å². The number of methoxy groups -OCH3 is 2. The van der Waals surface area contributed by atoms with Crippen molar-refractivity contribution < 1.29 is 33.1 Å². The molecule has 3 nitrogen and oxygen atoms in total. The van der Waals surface area contributed by atoms with Crippen LogP contribution < -0.4 is 28.3 Å². The molecule has 0 aromatic heterocycles. The molecular formula is C13H16Cl2LiO3P. The topological polar surface area (TPSA) is 35.5 Å². The van der Waals surface area contributed by atoms with Crippen molar-refractivity contribution in [2.24, 2.45) is 0 Å². The SMILES string of the molecule is CCC(C)[P-]C(=O)c1c(OC)c(Cl)cc(Cl)c1OC.[Li+]. The number of halogens is 2. The maximum absolute atomic E-state index is 12.4. The summed E-state index contributed by atoms with van der Waals surface area (Å²) in [6.07, 6.45) is 0.909. The molecule has 0 saturated carbocycles. The Kier molecular flexibility index (Phi) is 9.23. The van der Waals surface area contributed by atoms with Crippen molar-refractivity contribution in [2.45, 2.75) is 25.9 Å². The van der Waals surface area contributed by atoms with Crippen LogP contribution in [0.1, 0.15) is 30.6 Å². The van der Waals surface area contributed by atoms with E-state index in [-0.39, 0.29) is 30.0 Å². The molecule has 1 aromatic carbocycles. The van der Waals surface area contributed by atoms with E-state index >= 15 is 0 Å². The first-order valence-corrected chi connectivity index (χ1v) is 7.53. The molecule has 1 aromatic rings. The molecule has 0 radical (unpaired) electrons. The number of ether oxygens (including phenoxy) is 2. The Morgan fingerprint density at radius 1 is 1.25 bits per heavy atom. The first-order valence-electron chi connectivity index (χ1n) is 5.81. The zero-order valence-corrected chi connectivity index (χ0v) is 14.7. The van der Waals surface area contributed by atoms with Crippen LogP contribution in [-0.2, 0) is 0 Å². The van der Waals surface area contributed by atoms with Gasteiger partial charge in [-0.25, -0.2) is 0 Å². The summed E-state index contributed by atoms with van der Waals surface area (Å²) in [6.45, 7) is 4.04. The van der Waals surface area contributed by atoms with Crippen molar-refractivity contribution in [3.05, 3.63) is 21.7 Å². The summed E-state index contributed by atoms with van der Waals surface area (Å²) in [5.41, 5.74) is 0.455. The van der Waals surface area contributed by atoms with Crippen LogP contribution in [0.15, 0.2) is 6.07 Å². The van der Waals surface area contributed by atoms with E-state index in [1.54, 1.807) is 0 Å². The summed E-state index contributed by atoms with van der Waals surface area (Å²) in [7, 11) is 3.60. The van der Waals surface area contributed by atoms with Gasteiger partial charge in [0.1, 0.15) is 11.5 Å². The third-order valence-electron chi connectivity index (χ3n) is 2.69. The molecule has 0 spiro atoms. The van der Waals surface area contributed by atoms with Gasteiger partial charge in [-0.2, -0.15) is 5.66 Å². The predicted octanol–water partition coefficient (Wildman–Crippen LogP) is 1.90. The fraction of sp³-hybridized carbons (Fsp3) is 0.462. The van der Waals surface area contributed by atoms with E-state index in [0.717, 1.165) is 6.42 Å². The second-order valence-electron chi connectivity index (χ2n) is 3.97. The van der Waals surface area contributed by atoms with E-state index < -0.39 is 0 Å². The van der Waals surface area contributed by atoms with Gasteiger partial charge in [0.25, 0.3) is 0 Å². The number of hydrogen-bond donors (Lipinski definition) is 0. The van der Waals surface area contributed by atoms with Crippen LogP contribution in [0.5, 0.6) is 11.5 Å². The van der Waals surface area contributed by atoms with Gasteiger partial charge in [0.05, 0.1) is 29.8 Å². The Morgan fingerprint density at radius 2 is 1.70 bits per heavy atom. The van der Waals surface area contributed by atoms with Gasteiger partial charge in [-0.15, -0.1) is 0 Å². The van der Waals surface area contributed by atoms with Gasteiger partial charge in [0, 0.05) is 5.52 Å². The normalized spacial score (nSPS) is 12.1. The van der Waals surface area contributed by atoms with Gasteiger partial charge in [0.2, 0.25) is 0 Å². The molecule has 7 heteroatoms. The van der Waals surface area contributed by atoms with Gasteiger partial charge >= 0.3 is 18.9 Å². The van der Waals surface area contributed by atoms with Crippen molar-refractivity contribution in [3.8, 4) is 11.5 Å². The van der Waals surface area contributed by atoms with Crippen molar-refractivity contribution in [3.63, 3.8) is 0 Å². The molecule has 0 bridgehead atoms. The second-order valence-corrected chi connectivity index (χ2v) is 6.33. The fourth-order valence-corrected chi connectivity index (χ4v) is 3.07. The first-order chi connectivity index (χ1) is 8.96. The molecule has 1 rings (SSSR count). The Hall–Kier alpha value is 0.0974.